The second kappa shape index (κ2) is 3.99. The molecule has 2 N–H and O–H groups in total. The molecule has 1 fully saturated rings. The van der Waals surface area contributed by atoms with E-state index in [4.69, 9.17) is 0 Å². The molecule has 1 saturated carbocycles. The minimum Gasteiger partial charge on any atom is -0.341 e. The van der Waals surface area contributed by atoms with Gasteiger partial charge in [0.1, 0.15) is 0 Å². The van der Waals surface area contributed by atoms with Crippen LogP contribution in [0.4, 0.5) is 4.79 Å². The van der Waals surface area contributed by atoms with Gasteiger partial charge in [0.05, 0.1) is 0 Å². The van der Waals surface area contributed by atoms with Gasteiger partial charge in [-0.3, -0.25) is 0 Å². The first-order chi connectivity index (χ1) is 6.06. The average molecular weight is 184 g/mol. The molecule has 3 nitrogen and oxygen atoms in total. The number of carbonyl (C=O) groups is 1. The van der Waals surface area contributed by atoms with Crippen molar-refractivity contribution in [2.24, 2.45) is 11.3 Å². The monoisotopic (exact) mass is 184 g/mol. The Morgan fingerprint density at radius 2 is 2.08 bits per heavy atom. The van der Waals surface area contributed by atoms with Crippen molar-refractivity contribution in [2.45, 2.75) is 33.1 Å². The van der Waals surface area contributed by atoms with Crippen LogP contribution in [0.1, 0.15) is 33.1 Å². The Balaban J connectivity index is 2.28. The number of nitrogens with one attached hydrogen (secondary N) is 2. The third-order valence-corrected chi connectivity index (χ3v) is 3.14. The minimum atomic E-state index is -0.0765. The topological polar surface area (TPSA) is 41.1 Å². The summed E-state index contributed by atoms with van der Waals surface area (Å²) in [6.45, 7) is 5.23. The average Bonchev–Trinajstić information content (AvgIpc) is 1.96. The maximum atomic E-state index is 11.0. The van der Waals surface area contributed by atoms with Gasteiger partial charge in [-0.1, -0.05) is 20.3 Å². The molecule has 1 rings (SSSR count). The van der Waals surface area contributed by atoms with Gasteiger partial charge in [0.2, 0.25) is 0 Å². The van der Waals surface area contributed by atoms with E-state index >= 15 is 0 Å². The van der Waals surface area contributed by atoms with Crippen LogP contribution in [0.25, 0.3) is 0 Å². The predicted molar refractivity (Wildman–Crippen MR) is 53.6 cm³/mol. The molecule has 0 heterocycles. The lowest BCUT2D eigenvalue weighted by Crippen LogP contribution is -2.43. The fourth-order valence-corrected chi connectivity index (χ4v) is 1.73. The van der Waals surface area contributed by atoms with E-state index in [1.165, 1.54) is 19.3 Å². The van der Waals surface area contributed by atoms with Crippen molar-refractivity contribution < 1.29 is 4.79 Å². The summed E-state index contributed by atoms with van der Waals surface area (Å²) in [5.74, 6) is 0.796. The van der Waals surface area contributed by atoms with Crippen molar-refractivity contribution in [3.63, 3.8) is 0 Å². The summed E-state index contributed by atoms with van der Waals surface area (Å²) >= 11 is 0. The molecule has 0 saturated heterocycles. The van der Waals surface area contributed by atoms with E-state index in [9.17, 15) is 4.79 Å². The van der Waals surface area contributed by atoms with Crippen LogP contribution >= 0.6 is 0 Å². The lowest BCUT2D eigenvalue weighted by atomic mass is 9.67. The molecular weight excluding hydrogens is 164 g/mol. The third kappa shape index (κ3) is 2.61. The molecule has 0 aromatic carbocycles. The molecular formula is C10H20N2O. The highest BCUT2D eigenvalue weighted by Gasteiger charge is 2.33. The van der Waals surface area contributed by atoms with Crippen molar-refractivity contribution >= 4 is 6.03 Å². The second-order valence-corrected chi connectivity index (χ2v) is 4.55. The molecule has 0 bridgehead atoms. The van der Waals surface area contributed by atoms with E-state index in [1.807, 2.05) is 0 Å². The molecule has 1 aliphatic carbocycles. The van der Waals surface area contributed by atoms with Crippen LogP contribution in [-0.4, -0.2) is 19.6 Å². The molecule has 0 spiro atoms. The van der Waals surface area contributed by atoms with Crippen molar-refractivity contribution in [2.75, 3.05) is 13.6 Å². The number of rotatable bonds is 3. The number of hydrogen-bond acceptors (Lipinski definition) is 1. The molecule has 0 radical (unpaired) electrons. The van der Waals surface area contributed by atoms with Gasteiger partial charge >= 0.3 is 6.03 Å². The minimum absolute atomic E-state index is 0.0765. The van der Waals surface area contributed by atoms with Gasteiger partial charge in [0.25, 0.3) is 0 Å². The SMILES string of the molecule is CNC(=O)NCC(C)(C)C1CCC1. The first-order valence-corrected chi connectivity index (χ1v) is 5.02. The summed E-state index contributed by atoms with van der Waals surface area (Å²) in [6.07, 6.45) is 4.00. The highest BCUT2D eigenvalue weighted by molar-refractivity contribution is 5.73. The number of hydrogen-bond donors (Lipinski definition) is 2. The standard InChI is InChI=1S/C10H20N2O/c1-10(2,8-5-4-6-8)7-12-9(13)11-3/h8H,4-7H2,1-3H3,(H2,11,12,13). The van der Waals surface area contributed by atoms with E-state index in [1.54, 1.807) is 7.05 Å². The maximum absolute atomic E-state index is 11.0. The fourth-order valence-electron chi connectivity index (χ4n) is 1.73. The Morgan fingerprint density at radius 3 is 2.46 bits per heavy atom. The summed E-state index contributed by atoms with van der Waals surface area (Å²) in [7, 11) is 1.64. The first kappa shape index (κ1) is 10.4. The third-order valence-electron chi connectivity index (χ3n) is 3.14. The van der Waals surface area contributed by atoms with Crippen LogP contribution in [0.15, 0.2) is 0 Å². The van der Waals surface area contributed by atoms with Crippen molar-refractivity contribution in [1.29, 1.82) is 0 Å². The van der Waals surface area contributed by atoms with Crippen LogP contribution in [-0.2, 0) is 0 Å². The predicted octanol–water partition coefficient (Wildman–Crippen LogP) is 1.74. The van der Waals surface area contributed by atoms with E-state index < -0.39 is 0 Å². The Labute approximate surface area is 80.3 Å². The summed E-state index contributed by atoms with van der Waals surface area (Å²) in [4.78, 5) is 11.0. The van der Waals surface area contributed by atoms with Gasteiger partial charge in [-0.15, -0.1) is 0 Å². The van der Waals surface area contributed by atoms with Crippen LogP contribution in [0.5, 0.6) is 0 Å². The van der Waals surface area contributed by atoms with E-state index in [0.717, 1.165) is 12.5 Å². The molecule has 76 valence electrons. The van der Waals surface area contributed by atoms with Gasteiger partial charge in [-0.25, -0.2) is 4.79 Å². The van der Waals surface area contributed by atoms with Gasteiger partial charge in [-0.05, 0) is 24.2 Å². The first-order valence-electron chi connectivity index (χ1n) is 5.02. The normalized spacial score (nSPS) is 17.8. The van der Waals surface area contributed by atoms with Gasteiger partial charge in [0, 0.05) is 13.6 Å². The summed E-state index contributed by atoms with van der Waals surface area (Å²) in [5.41, 5.74) is 0.255. The van der Waals surface area contributed by atoms with Crippen molar-refractivity contribution in [3.05, 3.63) is 0 Å². The molecule has 3 heteroatoms. The van der Waals surface area contributed by atoms with Crippen molar-refractivity contribution in [1.82, 2.24) is 10.6 Å². The zero-order valence-electron chi connectivity index (χ0n) is 8.81. The highest BCUT2D eigenvalue weighted by atomic mass is 16.2. The van der Waals surface area contributed by atoms with Gasteiger partial charge < -0.3 is 10.6 Å². The van der Waals surface area contributed by atoms with Gasteiger partial charge in [-0.2, -0.15) is 0 Å². The Bertz CT molecular complexity index is 185. The zero-order valence-corrected chi connectivity index (χ0v) is 8.81. The Hall–Kier alpha value is -0.730. The van der Waals surface area contributed by atoms with E-state index in [2.05, 4.69) is 24.5 Å². The van der Waals surface area contributed by atoms with Crippen LogP contribution < -0.4 is 10.6 Å². The molecule has 1 aliphatic rings. The summed E-state index contributed by atoms with van der Waals surface area (Å²) < 4.78 is 0. The summed E-state index contributed by atoms with van der Waals surface area (Å²) in [5, 5.41) is 5.43. The highest BCUT2D eigenvalue weighted by Crippen LogP contribution is 2.40. The number of urea groups is 1. The van der Waals surface area contributed by atoms with Gasteiger partial charge in [0.15, 0.2) is 0 Å². The maximum Gasteiger partial charge on any atom is 0.314 e. The number of carbonyl (C=O) groups excluding carboxylic acids is 1. The Morgan fingerprint density at radius 1 is 1.46 bits per heavy atom. The lowest BCUT2D eigenvalue weighted by Gasteiger charge is -2.40. The largest absolute Gasteiger partial charge is 0.341 e. The molecule has 0 unspecified atom stereocenters. The van der Waals surface area contributed by atoms with E-state index in [0.29, 0.717) is 0 Å². The molecule has 0 aromatic heterocycles. The molecule has 0 aliphatic heterocycles. The van der Waals surface area contributed by atoms with Crippen LogP contribution in [0, 0.1) is 11.3 Å². The van der Waals surface area contributed by atoms with Crippen LogP contribution in [0.3, 0.4) is 0 Å². The summed E-state index contributed by atoms with van der Waals surface area (Å²) in [6, 6.07) is -0.0765. The number of amides is 2. The molecule has 2 amide bonds. The smallest absolute Gasteiger partial charge is 0.314 e. The second-order valence-electron chi connectivity index (χ2n) is 4.55. The van der Waals surface area contributed by atoms with Crippen LogP contribution in [0.2, 0.25) is 0 Å². The Kier molecular flexibility index (Phi) is 3.17. The fraction of sp³-hybridized carbons (Fsp3) is 0.900. The molecule has 0 atom stereocenters. The molecule has 13 heavy (non-hydrogen) atoms. The lowest BCUT2D eigenvalue weighted by molar-refractivity contribution is 0.120. The zero-order chi connectivity index (χ0) is 9.90. The quantitative estimate of drug-likeness (QED) is 0.689. The molecule has 0 aromatic rings. The van der Waals surface area contributed by atoms with E-state index in [-0.39, 0.29) is 11.4 Å². The van der Waals surface area contributed by atoms with Crippen molar-refractivity contribution in [3.8, 4) is 0 Å².